The Morgan fingerprint density at radius 3 is 2.55 bits per heavy atom. The summed E-state index contributed by atoms with van der Waals surface area (Å²) in [5.74, 6) is -0.378. The van der Waals surface area contributed by atoms with Crippen LogP contribution in [0, 0.1) is 5.82 Å². The fourth-order valence-corrected chi connectivity index (χ4v) is 3.34. The number of ether oxygens (including phenoxy) is 1. The Labute approximate surface area is 177 Å². The van der Waals surface area contributed by atoms with Gasteiger partial charge in [-0.3, -0.25) is 9.78 Å². The minimum Gasteiger partial charge on any atom is -0.507 e. The molecule has 0 unspecified atom stereocenters. The predicted octanol–water partition coefficient (Wildman–Crippen LogP) is 4.62. The first kappa shape index (κ1) is 20.9. The molecule has 1 heterocycles. The highest BCUT2D eigenvalue weighted by Gasteiger charge is 2.13. The first-order valence-corrected chi connectivity index (χ1v) is 9.37. The molecule has 0 aliphatic heterocycles. The summed E-state index contributed by atoms with van der Waals surface area (Å²) in [5, 5.41) is 13.4. The van der Waals surface area contributed by atoms with E-state index >= 15 is 0 Å². The molecule has 3 rings (SSSR count). The van der Waals surface area contributed by atoms with Crippen molar-refractivity contribution < 1.29 is 19.0 Å². The molecule has 0 aliphatic rings. The molecule has 1 amide bonds. The van der Waals surface area contributed by atoms with Crippen molar-refractivity contribution in [3.05, 3.63) is 75.8 Å². The monoisotopic (exact) mass is 434 g/mol. The van der Waals surface area contributed by atoms with Gasteiger partial charge in [-0.05, 0) is 41.5 Å². The molecule has 29 heavy (non-hydrogen) atoms. The van der Waals surface area contributed by atoms with E-state index in [2.05, 4.69) is 10.3 Å². The van der Waals surface area contributed by atoms with E-state index in [0.717, 1.165) is 11.8 Å². The van der Waals surface area contributed by atoms with Crippen molar-refractivity contribution in [3.8, 4) is 22.6 Å². The van der Waals surface area contributed by atoms with Gasteiger partial charge in [0, 0.05) is 40.8 Å². The van der Waals surface area contributed by atoms with Gasteiger partial charge in [0.05, 0.1) is 6.20 Å². The summed E-state index contributed by atoms with van der Waals surface area (Å²) in [4.78, 5) is 15.1. The van der Waals surface area contributed by atoms with Crippen molar-refractivity contribution in [2.75, 3.05) is 13.7 Å². The summed E-state index contributed by atoms with van der Waals surface area (Å²) in [7, 11) is 1.51. The maximum absolute atomic E-state index is 13.5. The summed E-state index contributed by atoms with van der Waals surface area (Å²) in [6, 6.07) is 9.46. The number of aromatic nitrogens is 1. The molecule has 1 aromatic heterocycles. The van der Waals surface area contributed by atoms with E-state index in [1.165, 1.54) is 25.4 Å². The molecule has 0 bridgehead atoms. The van der Waals surface area contributed by atoms with E-state index in [4.69, 9.17) is 27.9 Å². The van der Waals surface area contributed by atoms with E-state index in [1.807, 2.05) is 0 Å². The van der Waals surface area contributed by atoms with E-state index < -0.39 is 5.82 Å². The lowest BCUT2D eigenvalue weighted by atomic mass is 9.99. The minimum absolute atomic E-state index is 0.0105. The summed E-state index contributed by atoms with van der Waals surface area (Å²) >= 11 is 12.7. The number of carbonyl (C=O) groups is 1. The van der Waals surface area contributed by atoms with Crippen LogP contribution in [0.1, 0.15) is 11.1 Å². The average Bonchev–Trinajstić information content (AvgIpc) is 2.70. The minimum atomic E-state index is -0.495. The van der Waals surface area contributed by atoms with Gasteiger partial charge in [0.2, 0.25) is 0 Å². The molecule has 8 heteroatoms. The van der Waals surface area contributed by atoms with Crippen LogP contribution < -0.4 is 10.1 Å². The molecule has 0 radical (unpaired) electrons. The van der Waals surface area contributed by atoms with Crippen molar-refractivity contribution in [1.82, 2.24) is 10.3 Å². The number of benzene rings is 2. The number of halogens is 3. The third-order valence-electron chi connectivity index (χ3n) is 4.22. The van der Waals surface area contributed by atoms with E-state index in [9.17, 15) is 14.3 Å². The summed E-state index contributed by atoms with van der Waals surface area (Å²) in [6.45, 7) is -0.147. The maximum Gasteiger partial charge on any atom is 0.257 e. The molecule has 2 N–H and O–H groups in total. The van der Waals surface area contributed by atoms with Crippen molar-refractivity contribution in [2.24, 2.45) is 0 Å². The van der Waals surface area contributed by atoms with Crippen molar-refractivity contribution >= 4 is 29.1 Å². The van der Waals surface area contributed by atoms with E-state index in [-0.39, 0.29) is 18.3 Å². The van der Waals surface area contributed by atoms with Crippen LogP contribution >= 0.6 is 23.2 Å². The van der Waals surface area contributed by atoms with Crippen LogP contribution in [-0.4, -0.2) is 29.7 Å². The second-order valence-corrected chi connectivity index (χ2v) is 7.06. The highest BCUT2D eigenvalue weighted by atomic mass is 35.5. The fourth-order valence-electron chi connectivity index (χ4n) is 2.74. The Bertz CT molecular complexity index is 1040. The molecule has 3 aromatic rings. The highest BCUT2D eigenvalue weighted by Crippen LogP contribution is 2.35. The summed E-state index contributed by atoms with van der Waals surface area (Å²) in [6.07, 6.45) is 2.95. The van der Waals surface area contributed by atoms with Gasteiger partial charge >= 0.3 is 0 Å². The van der Waals surface area contributed by atoms with Crippen LogP contribution in [0.5, 0.6) is 11.5 Å². The number of phenols is 1. The molecule has 0 saturated heterocycles. The number of pyridine rings is 1. The Morgan fingerprint density at radius 1 is 1.17 bits per heavy atom. The molecule has 0 aliphatic carbocycles. The molecular weight excluding hydrogens is 418 g/mol. The van der Waals surface area contributed by atoms with Gasteiger partial charge in [0.25, 0.3) is 5.91 Å². The number of nitrogens with zero attached hydrogens (tertiary/aromatic N) is 1. The van der Waals surface area contributed by atoms with Gasteiger partial charge in [0.15, 0.2) is 6.61 Å². The van der Waals surface area contributed by atoms with Crippen LogP contribution in [0.15, 0.2) is 48.8 Å². The Kier molecular flexibility index (Phi) is 6.56. The molecule has 2 aromatic carbocycles. The van der Waals surface area contributed by atoms with Gasteiger partial charge in [-0.15, -0.1) is 0 Å². The zero-order valence-electron chi connectivity index (χ0n) is 15.4. The van der Waals surface area contributed by atoms with Gasteiger partial charge < -0.3 is 15.2 Å². The molecule has 0 fully saturated rings. The Morgan fingerprint density at radius 2 is 1.90 bits per heavy atom. The number of hydrogen-bond donors (Lipinski definition) is 2. The molecule has 0 saturated carbocycles. The van der Waals surface area contributed by atoms with E-state index in [0.29, 0.717) is 38.9 Å². The number of rotatable bonds is 6. The quantitative estimate of drug-likeness (QED) is 0.593. The predicted molar refractivity (Wildman–Crippen MR) is 110 cm³/mol. The second-order valence-electron chi connectivity index (χ2n) is 6.25. The first-order valence-electron chi connectivity index (χ1n) is 8.61. The smallest absolute Gasteiger partial charge is 0.257 e. The third-order valence-corrected chi connectivity index (χ3v) is 4.90. The average molecular weight is 435 g/mol. The van der Waals surface area contributed by atoms with Crippen LogP contribution in [0.3, 0.4) is 0 Å². The number of likely N-dealkylation sites (N-methyl/N-ethyl adjacent to an activating group) is 1. The number of amides is 1. The normalized spacial score (nSPS) is 10.6. The van der Waals surface area contributed by atoms with Crippen LogP contribution in [-0.2, 0) is 11.2 Å². The topological polar surface area (TPSA) is 71.5 Å². The zero-order valence-corrected chi connectivity index (χ0v) is 16.9. The van der Waals surface area contributed by atoms with Crippen molar-refractivity contribution in [3.63, 3.8) is 0 Å². The summed E-state index contributed by atoms with van der Waals surface area (Å²) < 4.78 is 18.9. The van der Waals surface area contributed by atoms with Gasteiger partial charge in [-0.25, -0.2) is 4.39 Å². The lowest BCUT2D eigenvalue weighted by Crippen LogP contribution is -2.24. The lowest BCUT2D eigenvalue weighted by Gasteiger charge is -2.13. The van der Waals surface area contributed by atoms with Gasteiger partial charge in [-0.2, -0.15) is 0 Å². The van der Waals surface area contributed by atoms with Crippen molar-refractivity contribution in [2.45, 2.75) is 6.42 Å². The van der Waals surface area contributed by atoms with E-state index in [1.54, 1.807) is 24.3 Å². The van der Waals surface area contributed by atoms with Gasteiger partial charge in [0.1, 0.15) is 17.3 Å². The Hall–Kier alpha value is -2.83. The zero-order chi connectivity index (χ0) is 21.0. The molecule has 0 spiro atoms. The third kappa shape index (κ3) is 5.16. The number of nitrogens with one attached hydrogen (secondary N) is 1. The SMILES string of the molecule is CNC(=O)COc1cc(Cl)c(Cc2ccc(O)c(-c3cncc(F)c3)c2)c(Cl)c1. The van der Waals surface area contributed by atoms with Crippen molar-refractivity contribution in [1.29, 1.82) is 0 Å². The standard InChI is InChI=1S/C21H17Cl2FN2O3/c1-25-21(28)11-29-15-7-18(22)17(19(23)8-15)5-12-2-3-20(27)16(4-12)13-6-14(24)10-26-9-13/h2-4,6-10,27H,5,11H2,1H3,(H,25,28). The van der Waals surface area contributed by atoms with Gasteiger partial charge in [-0.1, -0.05) is 29.3 Å². The highest BCUT2D eigenvalue weighted by molar-refractivity contribution is 6.36. The first-order chi connectivity index (χ1) is 13.9. The van der Waals surface area contributed by atoms with Crippen LogP contribution in [0.25, 0.3) is 11.1 Å². The molecule has 0 atom stereocenters. The molecule has 5 nitrogen and oxygen atoms in total. The number of carbonyl (C=O) groups excluding carboxylic acids is 1. The second kappa shape index (κ2) is 9.11. The van der Waals surface area contributed by atoms with Crippen LogP contribution in [0.4, 0.5) is 4.39 Å². The molecule has 150 valence electrons. The Balaban J connectivity index is 1.86. The lowest BCUT2D eigenvalue weighted by molar-refractivity contribution is -0.122. The summed E-state index contributed by atoms with van der Waals surface area (Å²) in [5.41, 5.74) is 2.38. The largest absolute Gasteiger partial charge is 0.507 e. The number of phenolic OH excluding ortho intramolecular Hbond substituents is 1. The molecular formula is C21H17Cl2FN2O3. The fraction of sp³-hybridized carbons (Fsp3) is 0.143. The van der Waals surface area contributed by atoms with Crippen LogP contribution in [0.2, 0.25) is 10.0 Å². The number of aromatic hydroxyl groups is 1. The maximum atomic E-state index is 13.5. The number of hydrogen-bond acceptors (Lipinski definition) is 4.